The van der Waals surface area contributed by atoms with E-state index in [1.165, 1.54) is 6.92 Å². The molecule has 0 heterocycles. The minimum absolute atomic E-state index is 0.329. The van der Waals surface area contributed by atoms with E-state index in [9.17, 15) is 18.7 Å². The zero-order chi connectivity index (χ0) is 11.9. The Morgan fingerprint density at radius 3 is 2.40 bits per heavy atom. The summed E-state index contributed by atoms with van der Waals surface area (Å²) in [4.78, 5) is 11.4. The number of alkyl halides is 2. The fourth-order valence-corrected chi connectivity index (χ4v) is 1.65. The summed E-state index contributed by atoms with van der Waals surface area (Å²) in [5, 5.41) is 11.7. The summed E-state index contributed by atoms with van der Waals surface area (Å²) in [5.41, 5.74) is -0.806. The van der Waals surface area contributed by atoms with Crippen LogP contribution >= 0.6 is 0 Å². The highest BCUT2D eigenvalue weighted by Gasteiger charge is 2.43. The third kappa shape index (κ3) is 3.12. The molecule has 1 fully saturated rings. The van der Waals surface area contributed by atoms with Crippen molar-refractivity contribution >= 4 is 5.91 Å². The molecule has 3 nitrogen and oxygen atoms in total. The lowest BCUT2D eigenvalue weighted by atomic mass is 9.71. The van der Waals surface area contributed by atoms with Crippen LogP contribution in [0.25, 0.3) is 0 Å². The molecule has 0 radical (unpaired) electrons. The van der Waals surface area contributed by atoms with Crippen LogP contribution in [-0.4, -0.2) is 28.6 Å². The van der Waals surface area contributed by atoms with Gasteiger partial charge in [-0.05, 0) is 26.7 Å². The van der Waals surface area contributed by atoms with Crippen molar-refractivity contribution in [1.82, 2.24) is 5.32 Å². The second-order valence-corrected chi connectivity index (χ2v) is 4.79. The Morgan fingerprint density at radius 2 is 2.07 bits per heavy atom. The summed E-state index contributed by atoms with van der Waals surface area (Å²) in [6.45, 7) is 3.68. The van der Waals surface area contributed by atoms with E-state index in [1.54, 1.807) is 6.92 Å². The summed E-state index contributed by atoms with van der Waals surface area (Å²) in [6.07, 6.45) is 0.696. The van der Waals surface area contributed by atoms with E-state index in [-0.39, 0.29) is 5.92 Å². The van der Waals surface area contributed by atoms with Crippen molar-refractivity contribution in [2.24, 2.45) is 5.92 Å². The lowest BCUT2D eigenvalue weighted by Gasteiger charge is -2.40. The highest BCUT2D eigenvalue weighted by Crippen LogP contribution is 2.37. The second kappa shape index (κ2) is 3.70. The minimum atomic E-state index is -2.91. The van der Waals surface area contributed by atoms with Gasteiger partial charge in [-0.2, -0.15) is 0 Å². The molecule has 1 saturated carbocycles. The van der Waals surface area contributed by atoms with Gasteiger partial charge in [0.2, 0.25) is 5.91 Å². The van der Waals surface area contributed by atoms with Crippen LogP contribution in [0.4, 0.5) is 8.78 Å². The van der Waals surface area contributed by atoms with E-state index in [0.29, 0.717) is 12.8 Å². The van der Waals surface area contributed by atoms with Crippen LogP contribution in [0.1, 0.15) is 33.6 Å². The van der Waals surface area contributed by atoms with E-state index < -0.39 is 23.5 Å². The number of carbonyl (C=O) groups excluding carboxylic acids is 1. The van der Waals surface area contributed by atoms with Crippen molar-refractivity contribution in [1.29, 1.82) is 0 Å². The molecular weight excluding hydrogens is 204 g/mol. The van der Waals surface area contributed by atoms with E-state index in [4.69, 9.17) is 0 Å². The number of hydrogen-bond acceptors (Lipinski definition) is 2. The number of carbonyl (C=O) groups is 1. The normalized spacial score (nSPS) is 33.1. The summed E-state index contributed by atoms with van der Waals surface area (Å²) in [7, 11) is 0. The highest BCUT2D eigenvalue weighted by molar-refractivity contribution is 5.80. The SMILES string of the molecule is CC(NC(=O)C1CC(C)(O)C1)C(C)(F)F. The molecule has 1 aliphatic rings. The van der Waals surface area contributed by atoms with Crippen LogP contribution in [0, 0.1) is 5.92 Å². The Hall–Kier alpha value is -0.710. The smallest absolute Gasteiger partial charge is 0.264 e. The summed E-state index contributed by atoms with van der Waals surface area (Å²) < 4.78 is 25.5. The molecule has 0 aromatic rings. The molecule has 0 spiro atoms. The number of halogens is 2. The maximum absolute atomic E-state index is 12.7. The maximum Gasteiger partial charge on any atom is 0.264 e. The number of amides is 1. The molecule has 1 amide bonds. The van der Waals surface area contributed by atoms with Gasteiger partial charge in [0, 0.05) is 12.8 Å². The zero-order valence-electron chi connectivity index (χ0n) is 9.18. The van der Waals surface area contributed by atoms with Crippen molar-refractivity contribution < 1.29 is 18.7 Å². The van der Waals surface area contributed by atoms with E-state index in [1.807, 2.05) is 0 Å². The Balaban J connectivity index is 2.38. The molecule has 5 heteroatoms. The number of aliphatic hydroxyl groups is 1. The molecule has 88 valence electrons. The van der Waals surface area contributed by atoms with Gasteiger partial charge in [-0.25, -0.2) is 8.78 Å². The predicted octanol–water partition coefficient (Wildman–Crippen LogP) is 1.31. The Bertz CT molecular complexity index is 253. The number of hydrogen-bond donors (Lipinski definition) is 2. The third-order valence-corrected chi connectivity index (χ3v) is 2.86. The quantitative estimate of drug-likeness (QED) is 0.754. The maximum atomic E-state index is 12.7. The van der Waals surface area contributed by atoms with Gasteiger partial charge < -0.3 is 10.4 Å². The molecule has 1 aliphatic carbocycles. The molecular formula is C10H17F2NO2. The zero-order valence-corrected chi connectivity index (χ0v) is 9.18. The van der Waals surface area contributed by atoms with Gasteiger partial charge in [0.15, 0.2) is 0 Å². The van der Waals surface area contributed by atoms with Crippen molar-refractivity contribution in [3.8, 4) is 0 Å². The largest absolute Gasteiger partial charge is 0.390 e. The van der Waals surface area contributed by atoms with Gasteiger partial charge in [-0.15, -0.1) is 0 Å². The lowest BCUT2D eigenvalue weighted by Crippen LogP contribution is -2.52. The van der Waals surface area contributed by atoms with E-state index in [0.717, 1.165) is 6.92 Å². The molecule has 15 heavy (non-hydrogen) atoms. The van der Waals surface area contributed by atoms with Crippen molar-refractivity contribution in [3.63, 3.8) is 0 Å². The van der Waals surface area contributed by atoms with Gasteiger partial charge in [0.1, 0.15) is 0 Å². The second-order valence-electron chi connectivity index (χ2n) is 4.79. The van der Waals surface area contributed by atoms with Crippen LogP contribution in [-0.2, 0) is 4.79 Å². The Labute approximate surface area is 87.9 Å². The molecule has 1 unspecified atom stereocenters. The molecule has 1 rings (SSSR count). The fraction of sp³-hybridized carbons (Fsp3) is 0.900. The fourth-order valence-electron chi connectivity index (χ4n) is 1.65. The molecule has 0 aliphatic heterocycles. The van der Waals surface area contributed by atoms with Crippen molar-refractivity contribution in [2.75, 3.05) is 0 Å². The third-order valence-electron chi connectivity index (χ3n) is 2.86. The first-order chi connectivity index (χ1) is 6.62. The van der Waals surface area contributed by atoms with Gasteiger partial charge in [-0.3, -0.25) is 4.79 Å². The highest BCUT2D eigenvalue weighted by atomic mass is 19.3. The van der Waals surface area contributed by atoms with Gasteiger partial charge in [0.25, 0.3) is 5.92 Å². The predicted molar refractivity (Wildman–Crippen MR) is 51.6 cm³/mol. The molecule has 0 bridgehead atoms. The van der Waals surface area contributed by atoms with Gasteiger partial charge in [-0.1, -0.05) is 0 Å². The van der Waals surface area contributed by atoms with Gasteiger partial charge >= 0.3 is 0 Å². The van der Waals surface area contributed by atoms with Crippen LogP contribution in [0.2, 0.25) is 0 Å². The lowest BCUT2D eigenvalue weighted by molar-refractivity contribution is -0.142. The van der Waals surface area contributed by atoms with E-state index in [2.05, 4.69) is 5.32 Å². The number of nitrogens with one attached hydrogen (secondary N) is 1. The molecule has 1 atom stereocenters. The van der Waals surface area contributed by atoms with Crippen molar-refractivity contribution in [3.05, 3.63) is 0 Å². The number of rotatable bonds is 3. The van der Waals surface area contributed by atoms with Gasteiger partial charge in [0.05, 0.1) is 11.6 Å². The molecule has 0 aromatic heterocycles. The first-order valence-electron chi connectivity index (χ1n) is 5.02. The first-order valence-corrected chi connectivity index (χ1v) is 5.02. The molecule has 0 saturated heterocycles. The molecule has 2 N–H and O–H groups in total. The monoisotopic (exact) mass is 221 g/mol. The average molecular weight is 221 g/mol. The average Bonchev–Trinajstić information content (AvgIpc) is 1.97. The summed E-state index contributed by atoms with van der Waals surface area (Å²) in [6, 6.07) is -1.17. The standard InChI is InChI=1S/C10H17F2NO2/c1-6(10(3,11)12)13-8(14)7-4-9(2,15)5-7/h6-7,15H,4-5H2,1-3H3,(H,13,14). The Kier molecular flexibility index (Phi) is 3.05. The van der Waals surface area contributed by atoms with Crippen molar-refractivity contribution in [2.45, 2.75) is 51.2 Å². The summed E-state index contributed by atoms with van der Waals surface area (Å²) in [5.74, 6) is -3.64. The van der Waals surface area contributed by atoms with Crippen LogP contribution in [0.5, 0.6) is 0 Å². The molecule has 0 aromatic carbocycles. The summed E-state index contributed by atoms with van der Waals surface area (Å²) >= 11 is 0. The van der Waals surface area contributed by atoms with Crippen LogP contribution < -0.4 is 5.32 Å². The van der Waals surface area contributed by atoms with Crippen LogP contribution in [0.15, 0.2) is 0 Å². The topological polar surface area (TPSA) is 49.3 Å². The Morgan fingerprint density at radius 1 is 1.60 bits per heavy atom. The minimum Gasteiger partial charge on any atom is -0.390 e. The first kappa shape index (κ1) is 12.4. The van der Waals surface area contributed by atoms with Crippen LogP contribution in [0.3, 0.4) is 0 Å². The van der Waals surface area contributed by atoms with E-state index >= 15 is 0 Å².